The fraction of sp³-hybridized carbons (Fsp3) is 0.158. The number of carboxylic acids is 1. The highest BCUT2D eigenvalue weighted by Gasteiger charge is 2.20. The number of aliphatic imine (C=N–C) groups is 1. The van der Waals surface area contributed by atoms with Gasteiger partial charge < -0.3 is 24.6 Å². The number of aliphatic carboxylic acids is 1. The van der Waals surface area contributed by atoms with E-state index in [4.69, 9.17) is 14.2 Å². The first-order valence-corrected chi connectivity index (χ1v) is 7.77. The first-order valence-electron chi connectivity index (χ1n) is 7.77. The zero-order valence-corrected chi connectivity index (χ0v) is 14.6. The summed E-state index contributed by atoms with van der Waals surface area (Å²) in [6.07, 6.45) is 1.48. The summed E-state index contributed by atoms with van der Waals surface area (Å²) in [6.45, 7) is 0. The van der Waals surface area contributed by atoms with Crippen molar-refractivity contribution < 1.29 is 24.1 Å². The predicted molar refractivity (Wildman–Crippen MR) is 98.1 cm³/mol. The highest BCUT2D eigenvalue weighted by atomic mass is 16.5. The molecule has 2 N–H and O–H groups in total. The van der Waals surface area contributed by atoms with Crippen LogP contribution in [0, 0.1) is 0 Å². The zero-order chi connectivity index (χ0) is 18.7. The van der Waals surface area contributed by atoms with Crippen molar-refractivity contribution in [1.82, 2.24) is 0 Å². The summed E-state index contributed by atoms with van der Waals surface area (Å²) < 4.78 is 16.1. The van der Waals surface area contributed by atoms with Gasteiger partial charge in [-0.2, -0.15) is 0 Å². The number of hydrogen-bond acceptors (Lipinski definition) is 6. The maximum Gasteiger partial charge on any atom is 0.352 e. The Bertz CT molecular complexity index is 893. The molecule has 0 unspecified atom stereocenters. The number of methoxy groups -OCH3 is 3. The Labute approximate surface area is 150 Å². The van der Waals surface area contributed by atoms with Crippen LogP contribution in [0.3, 0.4) is 0 Å². The minimum absolute atomic E-state index is 0.0162. The molecule has 26 heavy (non-hydrogen) atoms. The number of nitrogens with zero attached hydrogens (tertiary/aromatic N) is 1. The molecule has 0 aliphatic carbocycles. The number of ether oxygens (including phenoxy) is 3. The normalized spacial score (nSPS) is 12.7. The van der Waals surface area contributed by atoms with Crippen molar-refractivity contribution in [3.8, 4) is 17.2 Å². The second-order valence-corrected chi connectivity index (χ2v) is 5.42. The van der Waals surface area contributed by atoms with Crippen LogP contribution in [0.1, 0.15) is 5.56 Å². The van der Waals surface area contributed by atoms with Gasteiger partial charge in [-0.3, -0.25) is 0 Å². The van der Waals surface area contributed by atoms with E-state index in [1.54, 1.807) is 24.3 Å². The lowest BCUT2D eigenvalue weighted by Gasteiger charge is -2.14. The monoisotopic (exact) mass is 354 g/mol. The number of nitrogens with one attached hydrogen (secondary N) is 1. The highest BCUT2D eigenvalue weighted by Crippen LogP contribution is 2.39. The molecule has 0 bridgehead atoms. The third-order valence-corrected chi connectivity index (χ3v) is 3.89. The van der Waals surface area contributed by atoms with Gasteiger partial charge in [0.25, 0.3) is 0 Å². The van der Waals surface area contributed by atoms with Crippen LogP contribution in [-0.4, -0.2) is 38.1 Å². The highest BCUT2D eigenvalue weighted by molar-refractivity contribution is 6.15. The molecule has 1 aliphatic heterocycles. The fourth-order valence-corrected chi connectivity index (χ4v) is 2.65. The molecular weight excluding hydrogens is 336 g/mol. The van der Waals surface area contributed by atoms with Gasteiger partial charge in [0.05, 0.1) is 38.4 Å². The lowest BCUT2D eigenvalue weighted by molar-refractivity contribution is -0.132. The molecule has 2 aromatic rings. The van der Waals surface area contributed by atoms with Gasteiger partial charge in [-0.25, -0.2) is 9.79 Å². The molecule has 0 fully saturated rings. The van der Waals surface area contributed by atoms with E-state index in [9.17, 15) is 9.90 Å². The largest absolute Gasteiger partial charge is 0.493 e. The second kappa shape index (κ2) is 7.18. The van der Waals surface area contributed by atoms with Gasteiger partial charge in [0, 0.05) is 5.56 Å². The van der Waals surface area contributed by atoms with Crippen LogP contribution in [0.25, 0.3) is 0 Å². The van der Waals surface area contributed by atoms with E-state index in [0.717, 1.165) is 0 Å². The van der Waals surface area contributed by atoms with Crippen molar-refractivity contribution in [1.29, 1.82) is 0 Å². The number of fused-ring (bicyclic) bond motifs is 1. The summed E-state index contributed by atoms with van der Waals surface area (Å²) in [4.78, 5) is 16.2. The van der Waals surface area contributed by atoms with Gasteiger partial charge in [-0.15, -0.1) is 0 Å². The SMILES string of the molecule is COc1cc(C2=Nc3ccccc3NC(C(=O)O)=C2)cc(OC)c1OC. The Balaban J connectivity index is 2.22. The van der Waals surface area contributed by atoms with E-state index in [1.165, 1.54) is 27.4 Å². The van der Waals surface area contributed by atoms with Crippen molar-refractivity contribution in [3.05, 3.63) is 53.7 Å². The zero-order valence-electron chi connectivity index (χ0n) is 14.6. The maximum absolute atomic E-state index is 11.6. The number of rotatable bonds is 5. The summed E-state index contributed by atoms with van der Waals surface area (Å²) in [5, 5.41) is 12.4. The summed E-state index contributed by atoms with van der Waals surface area (Å²) in [5.74, 6) is 0.288. The minimum Gasteiger partial charge on any atom is -0.493 e. The lowest BCUT2D eigenvalue weighted by atomic mass is 10.1. The van der Waals surface area contributed by atoms with E-state index in [0.29, 0.717) is 39.9 Å². The third kappa shape index (κ3) is 3.19. The van der Waals surface area contributed by atoms with Crippen molar-refractivity contribution in [3.63, 3.8) is 0 Å². The van der Waals surface area contributed by atoms with E-state index >= 15 is 0 Å². The molecule has 7 nitrogen and oxygen atoms in total. The van der Waals surface area contributed by atoms with Crippen molar-refractivity contribution in [2.75, 3.05) is 26.6 Å². The fourth-order valence-electron chi connectivity index (χ4n) is 2.65. The van der Waals surface area contributed by atoms with E-state index in [1.807, 2.05) is 12.1 Å². The minimum atomic E-state index is -1.08. The Morgan fingerprint density at radius 1 is 1.04 bits per heavy atom. The number of allylic oxidation sites excluding steroid dienone is 1. The first-order chi connectivity index (χ1) is 12.6. The molecule has 0 aromatic heterocycles. The van der Waals surface area contributed by atoms with Crippen LogP contribution in [0.5, 0.6) is 17.2 Å². The standard InChI is InChI=1S/C19H18N2O5/c1-24-16-8-11(9-17(25-2)18(16)26-3)14-10-15(19(22)23)21-13-7-5-4-6-12(13)20-14/h4-10,21H,1-3H3,(H,22,23). The number of para-hydroxylation sites is 2. The number of carboxylic acid groups (broad SMARTS) is 1. The molecule has 3 rings (SSSR count). The molecule has 134 valence electrons. The summed E-state index contributed by atoms with van der Waals surface area (Å²) in [6, 6.07) is 10.7. The van der Waals surface area contributed by atoms with Gasteiger partial charge in [-0.05, 0) is 30.3 Å². The molecule has 0 radical (unpaired) electrons. The molecule has 0 atom stereocenters. The van der Waals surface area contributed by atoms with Crippen LogP contribution in [0.4, 0.5) is 11.4 Å². The van der Waals surface area contributed by atoms with Gasteiger partial charge in [0.2, 0.25) is 5.75 Å². The summed E-state index contributed by atoms with van der Waals surface area (Å²) in [5.41, 5.74) is 2.35. The van der Waals surface area contributed by atoms with Crippen molar-refractivity contribution in [2.45, 2.75) is 0 Å². The average Bonchev–Trinajstić information content (AvgIpc) is 2.86. The molecule has 0 amide bonds. The number of carbonyl (C=O) groups is 1. The van der Waals surface area contributed by atoms with E-state index in [-0.39, 0.29) is 5.70 Å². The molecule has 0 saturated carbocycles. The van der Waals surface area contributed by atoms with Crippen LogP contribution in [0.2, 0.25) is 0 Å². The number of benzene rings is 2. The molecule has 0 spiro atoms. The third-order valence-electron chi connectivity index (χ3n) is 3.89. The Hall–Kier alpha value is -3.48. The average molecular weight is 354 g/mol. The molecule has 1 aliphatic rings. The Morgan fingerprint density at radius 2 is 1.69 bits per heavy atom. The van der Waals surface area contributed by atoms with Gasteiger partial charge in [-0.1, -0.05) is 12.1 Å². The van der Waals surface area contributed by atoms with E-state index < -0.39 is 5.97 Å². The summed E-state index contributed by atoms with van der Waals surface area (Å²) in [7, 11) is 4.56. The number of anilines is 1. The molecule has 1 heterocycles. The lowest BCUT2D eigenvalue weighted by Crippen LogP contribution is -2.11. The molecular formula is C19H18N2O5. The van der Waals surface area contributed by atoms with Crippen LogP contribution >= 0.6 is 0 Å². The number of hydrogen-bond donors (Lipinski definition) is 2. The summed E-state index contributed by atoms with van der Waals surface area (Å²) >= 11 is 0. The topological polar surface area (TPSA) is 89.4 Å². The first kappa shape index (κ1) is 17.3. The molecule has 7 heteroatoms. The Kier molecular flexibility index (Phi) is 4.79. The van der Waals surface area contributed by atoms with Crippen molar-refractivity contribution >= 4 is 23.1 Å². The second-order valence-electron chi connectivity index (χ2n) is 5.42. The molecule has 2 aromatic carbocycles. The van der Waals surface area contributed by atoms with Gasteiger partial charge in [0.15, 0.2) is 11.5 Å². The van der Waals surface area contributed by atoms with Gasteiger partial charge >= 0.3 is 5.97 Å². The van der Waals surface area contributed by atoms with Crippen LogP contribution < -0.4 is 19.5 Å². The van der Waals surface area contributed by atoms with E-state index in [2.05, 4.69) is 10.3 Å². The predicted octanol–water partition coefficient (Wildman–Crippen LogP) is 3.23. The van der Waals surface area contributed by atoms with Crippen molar-refractivity contribution in [2.24, 2.45) is 4.99 Å². The smallest absolute Gasteiger partial charge is 0.352 e. The molecule has 0 saturated heterocycles. The van der Waals surface area contributed by atoms with Gasteiger partial charge in [0.1, 0.15) is 5.70 Å². The maximum atomic E-state index is 11.6. The van der Waals surface area contributed by atoms with Crippen LogP contribution in [-0.2, 0) is 4.79 Å². The van der Waals surface area contributed by atoms with Crippen LogP contribution in [0.15, 0.2) is 53.2 Å². The Morgan fingerprint density at radius 3 is 2.27 bits per heavy atom. The quantitative estimate of drug-likeness (QED) is 0.857.